The van der Waals surface area contributed by atoms with E-state index in [2.05, 4.69) is 39.9 Å². The first-order valence-electron chi connectivity index (χ1n) is 9.33. The van der Waals surface area contributed by atoms with Crippen molar-refractivity contribution in [2.75, 3.05) is 13.2 Å². The zero-order valence-corrected chi connectivity index (χ0v) is 17.4. The molecule has 0 aromatic rings. The van der Waals surface area contributed by atoms with E-state index >= 15 is 0 Å². The molecule has 0 heterocycles. The zero-order valence-electron chi connectivity index (χ0n) is 16.4. The highest BCUT2D eigenvalue weighted by Gasteiger charge is 2.38. The Morgan fingerprint density at radius 1 is 1.17 bits per heavy atom. The second-order valence-corrected chi connectivity index (χ2v) is 13.1. The predicted octanol–water partition coefficient (Wildman–Crippen LogP) is 5.49. The number of esters is 1. The van der Waals surface area contributed by atoms with E-state index in [1.54, 1.807) is 6.08 Å². The first-order valence-corrected chi connectivity index (χ1v) is 12.2. The maximum atomic E-state index is 11.3. The van der Waals surface area contributed by atoms with Crippen LogP contribution in [0.1, 0.15) is 53.4 Å². The Balaban J connectivity index is 2.58. The van der Waals surface area contributed by atoms with Crippen molar-refractivity contribution in [2.45, 2.75) is 71.5 Å². The summed E-state index contributed by atoms with van der Waals surface area (Å²) in [5.74, 6) is 0.874. The van der Waals surface area contributed by atoms with E-state index in [-0.39, 0.29) is 11.0 Å². The van der Waals surface area contributed by atoms with Gasteiger partial charge in [0.25, 0.3) is 0 Å². The van der Waals surface area contributed by atoms with Gasteiger partial charge < -0.3 is 9.16 Å². The molecule has 2 atom stereocenters. The molecule has 1 fully saturated rings. The van der Waals surface area contributed by atoms with E-state index in [0.29, 0.717) is 18.4 Å². The molecule has 0 N–H and O–H groups in total. The molecule has 0 spiro atoms. The fourth-order valence-corrected chi connectivity index (χ4v) is 3.82. The lowest BCUT2D eigenvalue weighted by atomic mass is 9.79. The molecule has 1 saturated carbocycles. The summed E-state index contributed by atoms with van der Waals surface area (Å²) in [6.07, 6.45) is 12.6. The average molecular weight is 353 g/mol. The van der Waals surface area contributed by atoms with Crippen molar-refractivity contribution in [3.05, 3.63) is 24.3 Å². The molecule has 0 aromatic heterocycles. The van der Waals surface area contributed by atoms with E-state index in [9.17, 15) is 4.79 Å². The fraction of sp³-hybridized carbons (Fsp3) is 0.750. The summed E-state index contributed by atoms with van der Waals surface area (Å²) in [7, 11) is -1.68. The third-order valence-corrected chi connectivity index (χ3v) is 9.92. The van der Waals surface area contributed by atoms with E-state index in [1.807, 2.05) is 13.0 Å². The van der Waals surface area contributed by atoms with Crippen molar-refractivity contribution >= 4 is 14.3 Å². The van der Waals surface area contributed by atoms with Crippen molar-refractivity contribution in [1.82, 2.24) is 0 Å². The fourth-order valence-electron chi connectivity index (χ4n) is 2.76. The van der Waals surface area contributed by atoms with E-state index in [0.717, 1.165) is 6.61 Å². The van der Waals surface area contributed by atoms with Gasteiger partial charge in [-0.1, -0.05) is 51.8 Å². The van der Waals surface area contributed by atoms with Crippen molar-refractivity contribution in [2.24, 2.45) is 11.8 Å². The summed E-state index contributed by atoms with van der Waals surface area (Å²) in [6, 6.07) is 0. The smallest absolute Gasteiger partial charge is 0.330 e. The first kappa shape index (κ1) is 21.2. The van der Waals surface area contributed by atoms with Crippen LogP contribution in [-0.2, 0) is 14.0 Å². The molecule has 1 aliphatic carbocycles. The molecule has 1 rings (SSSR count). The van der Waals surface area contributed by atoms with Gasteiger partial charge in [-0.25, -0.2) is 4.79 Å². The van der Waals surface area contributed by atoms with Gasteiger partial charge in [0.2, 0.25) is 0 Å². The van der Waals surface area contributed by atoms with Gasteiger partial charge in [0, 0.05) is 12.7 Å². The van der Waals surface area contributed by atoms with Crippen LogP contribution in [0.3, 0.4) is 0 Å². The Morgan fingerprint density at radius 3 is 2.46 bits per heavy atom. The summed E-state index contributed by atoms with van der Waals surface area (Å²) in [6.45, 7) is 14.6. The number of ether oxygens (including phenoxy) is 1. The summed E-state index contributed by atoms with van der Waals surface area (Å²) >= 11 is 0. The van der Waals surface area contributed by atoms with Crippen molar-refractivity contribution in [3.8, 4) is 0 Å². The quantitative estimate of drug-likeness (QED) is 0.263. The molecule has 0 aliphatic heterocycles. The molecule has 0 amide bonds. The van der Waals surface area contributed by atoms with Gasteiger partial charge in [-0.3, -0.25) is 0 Å². The van der Waals surface area contributed by atoms with Crippen LogP contribution in [0.25, 0.3) is 0 Å². The summed E-state index contributed by atoms with van der Waals surface area (Å²) < 4.78 is 11.3. The minimum Gasteiger partial charge on any atom is -0.463 e. The first-order chi connectivity index (χ1) is 11.2. The van der Waals surface area contributed by atoms with E-state index in [4.69, 9.17) is 9.16 Å². The number of hydrogen-bond acceptors (Lipinski definition) is 3. The Kier molecular flexibility index (Phi) is 8.44. The summed E-state index contributed by atoms with van der Waals surface area (Å²) in [5.41, 5.74) is 0. The predicted molar refractivity (Wildman–Crippen MR) is 104 cm³/mol. The lowest BCUT2D eigenvalue weighted by Gasteiger charge is -2.39. The lowest BCUT2D eigenvalue weighted by molar-refractivity contribution is -0.137. The van der Waals surface area contributed by atoms with Gasteiger partial charge in [-0.05, 0) is 49.7 Å². The van der Waals surface area contributed by atoms with Gasteiger partial charge >= 0.3 is 5.97 Å². The van der Waals surface area contributed by atoms with Crippen LogP contribution in [0.15, 0.2) is 24.3 Å². The lowest BCUT2D eigenvalue weighted by Crippen LogP contribution is -2.42. The minimum absolute atomic E-state index is 0.259. The molecule has 0 bridgehead atoms. The van der Waals surface area contributed by atoms with Crippen molar-refractivity contribution < 1.29 is 14.0 Å². The monoisotopic (exact) mass is 352 g/mol. The number of carbonyl (C=O) groups is 1. The van der Waals surface area contributed by atoms with Crippen LogP contribution in [0.5, 0.6) is 0 Å². The average Bonchev–Trinajstić information content (AvgIpc) is 2.49. The Labute approximate surface area is 149 Å². The van der Waals surface area contributed by atoms with Crippen LogP contribution in [0, 0.1) is 11.8 Å². The molecular formula is C20H36O3Si. The molecule has 0 radical (unpaired) electrons. The highest BCUT2D eigenvalue weighted by Crippen LogP contribution is 2.38. The SMILES string of the molecule is CCOC(=O)/C=C/C=C/[C@@H]1CCCC[C@H]1CO[Si](C)(C)C(C)(C)C. The van der Waals surface area contributed by atoms with Crippen molar-refractivity contribution in [1.29, 1.82) is 0 Å². The molecule has 0 aromatic carbocycles. The van der Waals surface area contributed by atoms with Crippen LogP contribution in [0.2, 0.25) is 18.1 Å². The highest BCUT2D eigenvalue weighted by molar-refractivity contribution is 6.74. The molecule has 1 aliphatic rings. The van der Waals surface area contributed by atoms with Crippen LogP contribution in [-0.4, -0.2) is 27.5 Å². The van der Waals surface area contributed by atoms with E-state index < -0.39 is 8.32 Å². The second kappa shape index (κ2) is 9.57. The topological polar surface area (TPSA) is 35.5 Å². The third-order valence-electron chi connectivity index (χ3n) is 5.42. The maximum absolute atomic E-state index is 11.3. The minimum atomic E-state index is -1.68. The number of carbonyl (C=O) groups excluding carboxylic acids is 1. The van der Waals surface area contributed by atoms with Gasteiger partial charge in [0.1, 0.15) is 0 Å². The van der Waals surface area contributed by atoms with Gasteiger partial charge in [-0.15, -0.1) is 0 Å². The van der Waals surface area contributed by atoms with Crippen LogP contribution >= 0.6 is 0 Å². The normalized spacial score (nSPS) is 23.1. The number of hydrogen-bond donors (Lipinski definition) is 0. The van der Waals surface area contributed by atoms with Crippen molar-refractivity contribution in [3.63, 3.8) is 0 Å². The number of rotatable bonds is 7. The summed E-state index contributed by atoms with van der Waals surface area (Å²) in [4.78, 5) is 11.3. The third kappa shape index (κ3) is 6.94. The number of allylic oxidation sites excluding steroid dienone is 3. The molecule has 3 nitrogen and oxygen atoms in total. The van der Waals surface area contributed by atoms with Crippen LogP contribution in [0.4, 0.5) is 0 Å². The van der Waals surface area contributed by atoms with Crippen LogP contribution < -0.4 is 0 Å². The molecule has 24 heavy (non-hydrogen) atoms. The Hall–Kier alpha value is -0.873. The largest absolute Gasteiger partial charge is 0.463 e. The molecule has 0 unspecified atom stereocenters. The zero-order chi connectivity index (χ0) is 18.2. The molecule has 138 valence electrons. The Morgan fingerprint density at radius 2 is 1.83 bits per heavy atom. The summed E-state index contributed by atoms with van der Waals surface area (Å²) in [5, 5.41) is 0.259. The molecular weight excluding hydrogens is 316 g/mol. The van der Waals surface area contributed by atoms with Gasteiger partial charge in [-0.2, -0.15) is 0 Å². The second-order valence-electron chi connectivity index (χ2n) is 8.28. The van der Waals surface area contributed by atoms with Gasteiger partial charge in [0.05, 0.1) is 6.61 Å². The van der Waals surface area contributed by atoms with E-state index in [1.165, 1.54) is 31.8 Å². The Bertz CT molecular complexity index is 446. The highest BCUT2D eigenvalue weighted by atomic mass is 28.4. The standard InChI is InChI=1S/C20H36O3Si/c1-7-22-19(21)15-11-10-13-17-12-8-9-14-18(17)16-23-24(5,6)20(2,3)4/h10-11,13,15,17-18H,7-9,12,14,16H2,1-6H3/b13-10+,15-11+/t17-,18-/m0/s1. The molecule has 0 saturated heterocycles. The maximum Gasteiger partial charge on any atom is 0.330 e. The van der Waals surface area contributed by atoms with Gasteiger partial charge in [0.15, 0.2) is 8.32 Å². The molecule has 4 heteroatoms.